The Bertz CT molecular complexity index is 664. The van der Waals surface area contributed by atoms with Gasteiger partial charge in [0.15, 0.2) is 0 Å². The Morgan fingerprint density at radius 1 is 1.00 bits per heavy atom. The molecule has 1 heterocycles. The van der Waals surface area contributed by atoms with Crippen molar-refractivity contribution in [2.75, 3.05) is 5.01 Å². The highest BCUT2D eigenvalue weighted by Crippen LogP contribution is 2.38. The molecule has 1 aromatic rings. The number of aliphatic carboxylic acids is 1. The second kappa shape index (κ2) is 6.07. The number of halogens is 6. The quantitative estimate of drug-likeness (QED) is 0.645. The molecule has 5 nitrogen and oxygen atoms in total. The Morgan fingerprint density at radius 3 is 2.00 bits per heavy atom. The lowest BCUT2D eigenvalue weighted by atomic mass is 10.1. The molecule has 0 aromatic heterocycles. The smallest absolute Gasteiger partial charge is 0.416 e. The summed E-state index contributed by atoms with van der Waals surface area (Å²) in [7, 11) is 0. The first-order valence-electron chi connectivity index (χ1n) is 6.19. The van der Waals surface area contributed by atoms with Crippen LogP contribution in [0.1, 0.15) is 11.1 Å². The van der Waals surface area contributed by atoms with Crippen molar-refractivity contribution in [3.8, 4) is 0 Å². The van der Waals surface area contributed by atoms with Crippen LogP contribution >= 0.6 is 0 Å². The standard InChI is InChI=1S/C13H9F6N3O2/c14-12(15,16)8-5-9(13(17,18)19)7-10(6-8)22-4-3-21(20-22)2-1-11(23)24/h1-7,20H,(H,23,24)/b2-1-. The van der Waals surface area contributed by atoms with Gasteiger partial charge in [-0.25, -0.2) is 4.79 Å². The van der Waals surface area contributed by atoms with Gasteiger partial charge in [0.2, 0.25) is 0 Å². The monoisotopic (exact) mass is 353 g/mol. The molecule has 130 valence electrons. The van der Waals surface area contributed by atoms with Gasteiger partial charge in [0.05, 0.1) is 16.8 Å². The molecule has 0 fully saturated rings. The molecule has 11 heteroatoms. The number of rotatable bonds is 3. The minimum atomic E-state index is -4.96. The Kier molecular flexibility index (Phi) is 4.47. The summed E-state index contributed by atoms with van der Waals surface area (Å²) in [5, 5.41) is 10.4. The van der Waals surface area contributed by atoms with Crippen LogP contribution in [-0.4, -0.2) is 16.1 Å². The zero-order chi connectivity index (χ0) is 18.1. The molecular weight excluding hydrogens is 344 g/mol. The molecule has 1 aliphatic rings. The van der Waals surface area contributed by atoms with Crippen LogP contribution in [0.4, 0.5) is 32.0 Å². The molecule has 0 unspecified atom stereocenters. The predicted molar refractivity (Wildman–Crippen MR) is 69.8 cm³/mol. The lowest BCUT2D eigenvalue weighted by Gasteiger charge is -2.22. The van der Waals surface area contributed by atoms with Crippen molar-refractivity contribution in [3.05, 3.63) is 54.0 Å². The Labute approximate surface area is 131 Å². The summed E-state index contributed by atoms with van der Waals surface area (Å²) in [6.45, 7) is 0. The maximum atomic E-state index is 12.8. The number of nitrogens with zero attached hydrogens (tertiary/aromatic N) is 2. The largest absolute Gasteiger partial charge is 0.478 e. The minimum Gasteiger partial charge on any atom is -0.478 e. The number of alkyl halides is 6. The first-order valence-corrected chi connectivity index (χ1v) is 6.19. The van der Waals surface area contributed by atoms with E-state index in [0.29, 0.717) is 12.1 Å². The fraction of sp³-hybridized carbons (Fsp3) is 0.154. The van der Waals surface area contributed by atoms with Crippen LogP contribution in [-0.2, 0) is 17.1 Å². The summed E-state index contributed by atoms with van der Waals surface area (Å²) in [6.07, 6.45) is -5.80. The number of carbonyl (C=O) groups is 1. The lowest BCUT2D eigenvalue weighted by Crippen LogP contribution is -2.36. The molecular formula is C13H9F6N3O2. The summed E-state index contributed by atoms with van der Waals surface area (Å²) in [5.41, 5.74) is -0.939. The normalized spacial score (nSPS) is 15.6. The molecule has 1 aromatic carbocycles. The van der Waals surface area contributed by atoms with Crippen molar-refractivity contribution in [1.82, 2.24) is 10.5 Å². The third-order valence-corrected chi connectivity index (χ3v) is 2.83. The Balaban J connectivity index is 2.34. The Hall–Kier alpha value is -2.69. The molecule has 0 atom stereocenters. The van der Waals surface area contributed by atoms with Gasteiger partial charge in [-0.2, -0.15) is 26.3 Å². The van der Waals surface area contributed by atoms with Crippen molar-refractivity contribution in [3.63, 3.8) is 0 Å². The van der Waals surface area contributed by atoms with E-state index in [0.717, 1.165) is 28.5 Å². The number of hydrogen-bond donors (Lipinski definition) is 2. The maximum Gasteiger partial charge on any atom is 0.416 e. The zero-order valence-corrected chi connectivity index (χ0v) is 11.6. The number of anilines is 1. The van der Waals surface area contributed by atoms with Crippen LogP contribution in [0.5, 0.6) is 0 Å². The van der Waals surface area contributed by atoms with Crippen molar-refractivity contribution < 1.29 is 36.2 Å². The highest BCUT2D eigenvalue weighted by Gasteiger charge is 2.37. The van der Waals surface area contributed by atoms with E-state index < -0.39 is 35.1 Å². The van der Waals surface area contributed by atoms with Crippen molar-refractivity contribution in [2.45, 2.75) is 12.4 Å². The summed E-state index contributed by atoms with van der Waals surface area (Å²) in [6, 6.07) is 1.10. The van der Waals surface area contributed by atoms with Gasteiger partial charge in [-0.3, -0.25) is 10.0 Å². The molecule has 0 spiro atoms. The maximum absolute atomic E-state index is 12.8. The van der Waals surface area contributed by atoms with E-state index in [-0.39, 0.29) is 6.07 Å². The molecule has 0 bridgehead atoms. The second-order valence-corrected chi connectivity index (χ2v) is 4.59. The second-order valence-electron chi connectivity index (χ2n) is 4.59. The first kappa shape index (κ1) is 17.7. The molecule has 2 N–H and O–H groups in total. The fourth-order valence-corrected chi connectivity index (χ4v) is 1.78. The van der Waals surface area contributed by atoms with Crippen molar-refractivity contribution in [1.29, 1.82) is 0 Å². The number of carboxylic acid groups (broad SMARTS) is 1. The molecule has 1 aliphatic heterocycles. The van der Waals surface area contributed by atoms with E-state index in [2.05, 4.69) is 5.53 Å². The molecule has 0 amide bonds. The van der Waals surface area contributed by atoms with Crippen LogP contribution in [0.3, 0.4) is 0 Å². The molecule has 0 aliphatic carbocycles. The van der Waals surface area contributed by atoms with E-state index in [4.69, 9.17) is 5.11 Å². The summed E-state index contributed by atoms with van der Waals surface area (Å²) >= 11 is 0. The van der Waals surface area contributed by atoms with Gasteiger partial charge < -0.3 is 5.11 Å². The third kappa shape index (κ3) is 4.19. The highest BCUT2D eigenvalue weighted by atomic mass is 19.4. The van der Waals surface area contributed by atoms with Gasteiger partial charge in [-0.1, -0.05) is 0 Å². The molecule has 2 rings (SSSR count). The SMILES string of the molecule is O=C(O)/C=C\N1C=CN(c2cc(C(F)(F)F)cc(C(F)(F)F)c2)N1. The average molecular weight is 353 g/mol. The zero-order valence-electron chi connectivity index (χ0n) is 11.6. The van der Waals surface area contributed by atoms with Crippen LogP contribution in [0.2, 0.25) is 0 Å². The third-order valence-electron chi connectivity index (χ3n) is 2.83. The number of benzene rings is 1. The van der Waals surface area contributed by atoms with E-state index in [1.807, 2.05) is 0 Å². The molecule has 24 heavy (non-hydrogen) atoms. The topological polar surface area (TPSA) is 55.8 Å². The van der Waals surface area contributed by atoms with Gasteiger partial charge in [0, 0.05) is 24.7 Å². The van der Waals surface area contributed by atoms with Crippen LogP contribution in [0.15, 0.2) is 42.9 Å². The average Bonchev–Trinajstić information content (AvgIpc) is 2.91. The van der Waals surface area contributed by atoms with E-state index in [1.165, 1.54) is 6.20 Å². The summed E-state index contributed by atoms with van der Waals surface area (Å²) in [4.78, 5) is 10.4. The fourth-order valence-electron chi connectivity index (χ4n) is 1.78. The first-order chi connectivity index (χ1) is 11.0. The number of carboxylic acids is 1. The highest BCUT2D eigenvalue weighted by molar-refractivity contribution is 5.79. The van der Waals surface area contributed by atoms with E-state index in [9.17, 15) is 31.1 Å². The number of hydrogen-bond acceptors (Lipinski definition) is 4. The van der Waals surface area contributed by atoms with E-state index >= 15 is 0 Å². The van der Waals surface area contributed by atoms with Gasteiger partial charge in [0.1, 0.15) is 0 Å². The molecule has 0 saturated heterocycles. The van der Waals surface area contributed by atoms with Crippen LogP contribution in [0.25, 0.3) is 0 Å². The summed E-state index contributed by atoms with van der Waals surface area (Å²) < 4.78 is 76.8. The summed E-state index contributed by atoms with van der Waals surface area (Å²) in [5.74, 6) is -1.28. The van der Waals surface area contributed by atoms with Gasteiger partial charge >= 0.3 is 18.3 Å². The van der Waals surface area contributed by atoms with Gasteiger partial charge in [-0.05, 0) is 18.2 Å². The Morgan fingerprint density at radius 2 is 1.54 bits per heavy atom. The van der Waals surface area contributed by atoms with Crippen LogP contribution < -0.4 is 10.5 Å². The van der Waals surface area contributed by atoms with E-state index in [1.54, 1.807) is 0 Å². The minimum absolute atomic E-state index is 0.0192. The lowest BCUT2D eigenvalue weighted by molar-refractivity contribution is -0.143. The van der Waals surface area contributed by atoms with Crippen LogP contribution in [0, 0.1) is 0 Å². The molecule has 0 radical (unpaired) electrons. The predicted octanol–water partition coefficient (Wildman–Crippen LogP) is 3.34. The number of nitrogens with one attached hydrogen (secondary N) is 1. The molecule has 0 saturated carbocycles. The van der Waals surface area contributed by atoms with Gasteiger partial charge in [0.25, 0.3) is 0 Å². The number of hydrazine groups is 2. The van der Waals surface area contributed by atoms with Crippen molar-refractivity contribution in [2.24, 2.45) is 0 Å². The van der Waals surface area contributed by atoms with Crippen molar-refractivity contribution >= 4 is 11.7 Å². The van der Waals surface area contributed by atoms with Gasteiger partial charge in [-0.15, -0.1) is 5.53 Å².